The lowest BCUT2D eigenvalue weighted by Gasteiger charge is -2.09. The Morgan fingerprint density at radius 2 is 2.17 bits per heavy atom. The van der Waals surface area contributed by atoms with Crippen LogP contribution in [0.15, 0.2) is 24.5 Å². The van der Waals surface area contributed by atoms with Gasteiger partial charge >= 0.3 is 0 Å². The lowest BCUT2D eigenvalue weighted by Crippen LogP contribution is -2.46. The van der Waals surface area contributed by atoms with E-state index in [2.05, 4.69) is 0 Å². The van der Waals surface area contributed by atoms with Gasteiger partial charge in [-0.3, -0.25) is 4.79 Å². The van der Waals surface area contributed by atoms with Gasteiger partial charge in [0.15, 0.2) is 18.5 Å². The normalized spacial score (nSPS) is 31.5. The largest absolute Gasteiger partial charge is 0.394 e. The van der Waals surface area contributed by atoms with Gasteiger partial charge in [0.05, 0.1) is 6.61 Å². The van der Waals surface area contributed by atoms with Crippen LogP contribution in [0.5, 0.6) is 0 Å². The molecule has 1 aliphatic heterocycles. The molecular weight excluding hydrogens is 241 g/mol. The summed E-state index contributed by atoms with van der Waals surface area (Å²) in [5.74, 6) is -0.601. The molecule has 1 fully saturated rings. The number of hydrogen-bond donors (Lipinski definition) is 4. The first kappa shape index (κ1) is 12.9. The zero-order valence-electron chi connectivity index (χ0n) is 9.51. The Hall–Kier alpha value is -1.54. The van der Waals surface area contributed by atoms with Gasteiger partial charge in [-0.25, -0.2) is 0 Å². The minimum atomic E-state index is -1.18. The molecule has 2 rings (SSSR count). The van der Waals surface area contributed by atoms with Crippen LogP contribution in [-0.2, 0) is 4.74 Å². The highest BCUT2D eigenvalue weighted by Gasteiger charge is 2.47. The SMILES string of the molecule is NC(=O)c1ccc[15n+]([C@@H]2O[C@H](CO)[C@@H](O)[C@H]2O)c1. The van der Waals surface area contributed by atoms with Crippen LogP contribution in [0.25, 0.3) is 0 Å². The Labute approximate surface area is 103 Å². The number of ether oxygens (including phenoxy) is 1. The van der Waals surface area contributed by atoms with Gasteiger partial charge in [0, 0.05) is 6.07 Å². The van der Waals surface area contributed by atoms with Gasteiger partial charge in [0.2, 0.25) is 0 Å². The van der Waals surface area contributed by atoms with Crippen LogP contribution < -0.4 is 10.3 Å². The molecule has 1 aromatic rings. The molecule has 0 aliphatic carbocycles. The Morgan fingerprint density at radius 3 is 2.72 bits per heavy atom. The lowest BCUT2D eigenvalue weighted by molar-refractivity contribution is -0.765. The predicted octanol–water partition coefficient (Wildman–Crippen LogP) is -2.32. The number of aliphatic hydroxyl groups is 3. The van der Waals surface area contributed by atoms with Crippen LogP contribution in [0.4, 0.5) is 0 Å². The van der Waals surface area contributed by atoms with Crippen molar-refractivity contribution in [2.75, 3.05) is 6.61 Å². The average molecular weight is 256 g/mol. The van der Waals surface area contributed by atoms with E-state index in [0.29, 0.717) is 0 Å². The number of aromatic nitrogens is 1. The first-order valence-electron chi connectivity index (χ1n) is 5.47. The topological polar surface area (TPSA) is 117 Å². The number of hydrogen-bond acceptors (Lipinski definition) is 5. The van der Waals surface area contributed by atoms with E-state index in [1.807, 2.05) is 0 Å². The maximum absolute atomic E-state index is 11.1. The second-order valence-corrected chi connectivity index (χ2v) is 4.13. The molecule has 0 saturated carbocycles. The van der Waals surface area contributed by atoms with Gasteiger partial charge in [0.1, 0.15) is 17.8 Å². The van der Waals surface area contributed by atoms with Crippen molar-refractivity contribution in [1.29, 1.82) is 0 Å². The smallest absolute Gasteiger partial charge is 0.292 e. The number of nitrogens with two attached hydrogens (primary N) is 1. The fourth-order valence-electron chi connectivity index (χ4n) is 1.92. The number of carbonyl (C=O) groups is 1. The zero-order valence-corrected chi connectivity index (χ0v) is 9.51. The third-order valence-corrected chi connectivity index (χ3v) is 2.92. The highest BCUT2D eigenvalue weighted by atomic mass is 16.6. The number of rotatable bonds is 3. The molecule has 2 heterocycles. The molecule has 4 atom stereocenters. The fourth-order valence-corrected chi connectivity index (χ4v) is 1.92. The van der Waals surface area contributed by atoms with Crippen LogP contribution in [-0.4, -0.2) is 46.1 Å². The molecule has 5 N–H and O–H groups in total. The molecule has 7 heteroatoms. The van der Waals surface area contributed by atoms with Crippen molar-refractivity contribution < 1.29 is 29.4 Å². The van der Waals surface area contributed by atoms with Crippen molar-refractivity contribution in [3.8, 4) is 0 Å². The van der Waals surface area contributed by atoms with Gasteiger partial charge < -0.3 is 25.8 Å². The van der Waals surface area contributed by atoms with Crippen LogP contribution in [0.2, 0.25) is 0 Å². The first-order valence-corrected chi connectivity index (χ1v) is 5.47. The third-order valence-electron chi connectivity index (χ3n) is 2.92. The molecule has 1 aromatic heterocycles. The van der Waals surface area contributed by atoms with E-state index in [0.717, 1.165) is 0 Å². The summed E-state index contributed by atoms with van der Waals surface area (Å²) in [6.45, 7) is -0.398. The average Bonchev–Trinajstić information content (AvgIpc) is 2.66. The Bertz CT molecular complexity index is 453. The summed E-state index contributed by atoms with van der Waals surface area (Å²) in [7, 11) is 0. The van der Waals surface area contributed by atoms with E-state index in [1.54, 1.807) is 12.3 Å². The van der Waals surface area contributed by atoms with Crippen LogP contribution in [0.3, 0.4) is 0 Å². The third kappa shape index (κ3) is 2.21. The summed E-state index contributed by atoms with van der Waals surface area (Å²) in [5.41, 5.74) is 5.41. The monoisotopic (exact) mass is 256 g/mol. The first-order chi connectivity index (χ1) is 8.54. The van der Waals surface area contributed by atoms with E-state index >= 15 is 0 Å². The molecule has 7 nitrogen and oxygen atoms in total. The fraction of sp³-hybridized carbons (Fsp3) is 0.455. The molecule has 0 radical (unpaired) electrons. The standard InChI is InChI=1S/C11H14N2O5/c12-10(17)6-2-1-3-13(4-6)11-9(16)8(15)7(5-14)18-11/h1-4,7-9,11,14-16H,5H2,(H-,12,17)/p+1/t7-,8-,9-,11-/m1/s1/i13+1. The summed E-state index contributed by atoms with van der Waals surface area (Å²) in [6, 6.07) is 3.11. The van der Waals surface area contributed by atoms with E-state index in [1.165, 1.54) is 16.8 Å². The number of amides is 1. The molecule has 98 valence electrons. The number of nitrogens with zero attached hydrogens (tertiary/aromatic N) is 1. The number of carbonyl (C=O) groups excluding carboxylic acids is 1. The van der Waals surface area contributed by atoms with Crippen molar-refractivity contribution in [2.45, 2.75) is 24.5 Å². The molecule has 1 amide bonds. The van der Waals surface area contributed by atoms with Gasteiger partial charge in [-0.1, -0.05) is 0 Å². The van der Waals surface area contributed by atoms with Crippen molar-refractivity contribution >= 4 is 5.91 Å². The molecular formula is C11H15N2O5+. The minimum Gasteiger partial charge on any atom is -0.394 e. The highest BCUT2D eigenvalue weighted by molar-refractivity contribution is 5.92. The molecule has 1 saturated heterocycles. The van der Waals surface area contributed by atoms with Gasteiger partial charge in [0.25, 0.3) is 12.1 Å². The molecule has 18 heavy (non-hydrogen) atoms. The number of aliphatic hydroxyl groups excluding tert-OH is 3. The summed E-state index contributed by atoms with van der Waals surface area (Å²) < 4.78 is 6.75. The van der Waals surface area contributed by atoms with E-state index in [-0.39, 0.29) is 5.56 Å². The quantitative estimate of drug-likeness (QED) is 0.453. The van der Waals surface area contributed by atoms with Crippen molar-refractivity contribution in [3.63, 3.8) is 0 Å². The predicted molar refractivity (Wildman–Crippen MR) is 58.2 cm³/mol. The lowest BCUT2D eigenvalue weighted by atomic mass is 10.1. The zero-order chi connectivity index (χ0) is 13.3. The molecule has 0 spiro atoms. The van der Waals surface area contributed by atoms with Gasteiger partial charge in [-0.15, -0.1) is 0 Å². The van der Waals surface area contributed by atoms with Crippen LogP contribution in [0.1, 0.15) is 16.6 Å². The Morgan fingerprint density at radius 1 is 1.44 bits per heavy atom. The van der Waals surface area contributed by atoms with Gasteiger partial charge in [-0.05, 0) is 6.07 Å². The van der Waals surface area contributed by atoms with Crippen LogP contribution in [0, 0.1) is 0 Å². The second-order valence-electron chi connectivity index (χ2n) is 4.13. The summed E-state index contributed by atoms with van der Waals surface area (Å²) in [6.07, 6.45) is -1.08. The molecule has 0 aromatic carbocycles. The highest BCUT2D eigenvalue weighted by Crippen LogP contribution is 2.24. The Kier molecular flexibility index (Phi) is 3.58. The summed E-state index contributed by atoms with van der Waals surface area (Å²) in [5, 5.41) is 28.4. The Balaban J connectivity index is 2.27. The molecule has 1 aliphatic rings. The maximum atomic E-state index is 11.1. The number of pyridine rings is 1. The molecule has 0 bridgehead atoms. The van der Waals surface area contributed by atoms with Gasteiger partial charge in [-0.2, -0.15) is 4.57 Å². The van der Waals surface area contributed by atoms with Crippen molar-refractivity contribution in [2.24, 2.45) is 5.73 Å². The molecule has 0 unspecified atom stereocenters. The minimum absolute atomic E-state index is 0.259. The van der Waals surface area contributed by atoms with E-state index < -0.39 is 37.1 Å². The van der Waals surface area contributed by atoms with E-state index in [9.17, 15) is 15.0 Å². The van der Waals surface area contributed by atoms with Crippen LogP contribution >= 0.6 is 0 Å². The maximum Gasteiger partial charge on any atom is 0.292 e. The summed E-state index contributed by atoms with van der Waals surface area (Å²) >= 11 is 0. The van der Waals surface area contributed by atoms with Crippen molar-refractivity contribution in [1.82, 2.24) is 0 Å². The summed E-state index contributed by atoms with van der Waals surface area (Å²) in [4.78, 5) is 11.1. The number of primary amides is 1. The van der Waals surface area contributed by atoms with E-state index in [4.69, 9.17) is 15.6 Å². The second kappa shape index (κ2) is 4.99. The van der Waals surface area contributed by atoms with Crippen molar-refractivity contribution in [3.05, 3.63) is 30.1 Å².